The Labute approximate surface area is 118 Å². The molecule has 0 aliphatic carbocycles. The van der Waals surface area contributed by atoms with Crippen molar-refractivity contribution in [3.8, 4) is 0 Å². The van der Waals surface area contributed by atoms with E-state index in [4.69, 9.17) is 9.84 Å². The number of carbonyl (C=O) groups is 1. The molecule has 1 N–H and O–H groups in total. The molecule has 0 amide bonds. The number of carboxylic acid groups (broad SMARTS) is 1. The first-order valence-electron chi connectivity index (χ1n) is 6.89. The standard InChI is InChI=1S/C14H21N3O3/c1-9(2)12-6-10(3)15-14(16-12)17-4-5-20-8-11(17)7-13(18)19/h6,9,11H,4-5,7-8H2,1-3H3,(H,18,19). The fourth-order valence-corrected chi connectivity index (χ4v) is 2.29. The average Bonchev–Trinajstić information content (AvgIpc) is 2.37. The predicted octanol–water partition coefficient (Wildman–Crippen LogP) is 1.59. The van der Waals surface area contributed by atoms with Crippen LogP contribution in [0.2, 0.25) is 0 Å². The van der Waals surface area contributed by atoms with Gasteiger partial charge in [0.2, 0.25) is 5.95 Å². The molecule has 1 aromatic rings. The van der Waals surface area contributed by atoms with E-state index in [-0.39, 0.29) is 12.5 Å². The van der Waals surface area contributed by atoms with Crippen molar-refractivity contribution in [3.63, 3.8) is 0 Å². The molecule has 1 fully saturated rings. The van der Waals surface area contributed by atoms with Gasteiger partial charge < -0.3 is 14.7 Å². The minimum Gasteiger partial charge on any atom is -0.481 e. The van der Waals surface area contributed by atoms with Gasteiger partial charge in [0.1, 0.15) is 0 Å². The van der Waals surface area contributed by atoms with Crippen LogP contribution >= 0.6 is 0 Å². The van der Waals surface area contributed by atoms with Crippen molar-refractivity contribution in [3.05, 3.63) is 17.5 Å². The van der Waals surface area contributed by atoms with Crippen LogP contribution in [0.15, 0.2) is 6.07 Å². The normalized spacial score (nSPS) is 19.4. The lowest BCUT2D eigenvalue weighted by Crippen LogP contribution is -2.47. The van der Waals surface area contributed by atoms with E-state index in [0.717, 1.165) is 11.4 Å². The molecule has 0 radical (unpaired) electrons. The Morgan fingerprint density at radius 1 is 1.55 bits per heavy atom. The molecule has 1 aromatic heterocycles. The fraction of sp³-hybridized carbons (Fsp3) is 0.643. The van der Waals surface area contributed by atoms with Crippen LogP contribution < -0.4 is 4.90 Å². The maximum Gasteiger partial charge on any atom is 0.305 e. The Bertz CT molecular complexity index is 491. The molecular weight excluding hydrogens is 258 g/mol. The van der Waals surface area contributed by atoms with E-state index in [9.17, 15) is 4.79 Å². The molecule has 1 unspecified atom stereocenters. The largest absolute Gasteiger partial charge is 0.481 e. The molecule has 0 aromatic carbocycles. The summed E-state index contributed by atoms with van der Waals surface area (Å²) in [6.07, 6.45) is 0.0360. The number of aromatic nitrogens is 2. The number of ether oxygens (including phenoxy) is 1. The second-order valence-corrected chi connectivity index (χ2v) is 5.41. The van der Waals surface area contributed by atoms with E-state index in [1.807, 2.05) is 17.9 Å². The molecule has 1 aliphatic heterocycles. The summed E-state index contributed by atoms with van der Waals surface area (Å²) in [7, 11) is 0. The lowest BCUT2D eigenvalue weighted by atomic mass is 10.1. The van der Waals surface area contributed by atoms with Crippen molar-refractivity contribution in [1.29, 1.82) is 0 Å². The summed E-state index contributed by atoms with van der Waals surface area (Å²) in [4.78, 5) is 22.0. The zero-order valence-electron chi connectivity index (χ0n) is 12.2. The second-order valence-electron chi connectivity index (χ2n) is 5.41. The summed E-state index contributed by atoms with van der Waals surface area (Å²) in [5, 5.41) is 9.00. The minimum atomic E-state index is -0.831. The fourth-order valence-electron chi connectivity index (χ4n) is 2.29. The molecule has 1 aliphatic rings. The molecule has 6 heteroatoms. The number of aryl methyl sites for hydroxylation is 1. The van der Waals surface area contributed by atoms with Crippen molar-refractivity contribution in [2.75, 3.05) is 24.7 Å². The van der Waals surface area contributed by atoms with Gasteiger partial charge in [-0.25, -0.2) is 9.97 Å². The number of carboxylic acids is 1. The SMILES string of the molecule is Cc1cc(C(C)C)nc(N2CCOCC2CC(=O)O)n1. The van der Waals surface area contributed by atoms with Gasteiger partial charge in [0, 0.05) is 17.9 Å². The number of rotatable bonds is 4. The van der Waals surface area contributed by atoms with Crippen molar-refractivity contribution in [1.82, 2.24) is 9.97 Å². The van der Waals surface area contributed by atoms with Crippen LogP contribution in [0.4, 0.5) is 5.95 Å². The van der Waals surface area contributed by atoms with E-state index < -0.39 is 5.97 Å². The van der Waals surface area contributed by atoms with Gasteiger partial charge in [0.15, 0.2) is 0 Å². The average molecular weight is 279 g/mol. The molecule has 110 valence electrons. The first-order valence-corrected chi connectivity index (χ1v) is 6.89. The van der Waals surface area contributed by atoms with Crippen molar-refractivity contribution in [2.24, 2.45) is 0 Å². The summed E-state index contributed by atoms with van der Waals surface area (Å²) in [6.45, 7) is 7.70. The third-order valence-corrected chi connectivity index (χ3v) is 3.35. The molecule has 2 rings (SSSR count). The van der Waals surface area contributed by atoms with E-state index >= 15 is 0 Å². The maximum atomic E-state index is 11.0. The molecular formula is C14H21N3O3. The first-order chi connectivity index (χ1) is 9.47. The van der Waals surface area contributed by atoms with E-state index in [2.05, 4.69) is 23.8 Å². The quantitative estimate of drug-likeness (QED) is 0.902. The van der Waals surface area contributed by atoms with E-state index in [1.54, 1.807) is 0 Å². The molecule has 20 heavy (non-hydrogen) atoms. The van der Waals surface area contributed by atoms with Gasteiger partial charge in [0.05, 0.1) is 25.7 Å². The molecule has 6 nitrogen and oxygen atoms in total. The van der Waals surface area contributed by atoms with E-state index in [1.165, 1.54) is 0 Å². The predicted molar refractivity (Wildman–Crippen MR) is 75.1 cm³/mol. The highest BCUT2D eigenvalue weighted by Crippen LogP contribution is 2.21. The van der Waals surface area contributed by atoms with Crippen molar-refractivity contribution < 1.29 is 14.6 Å². The molecule has 2 heterocycles. The highest BCUT2D eigenvalue weighted by atomic mass is 16.5. The topological polar surface area (TPSA) is 75.6 Å². The summed E-state index contributed by atoms with van der Waals surface area (Å²) in [5.41, 5.74) is 1.88. The number of hydrogen-bond donors (Lipinski definition) is 1. The van der Waals surface area contributed by atoms with Gasteiger partial charge in [-0.2, -0.15) is 0 Å². The summed E-state index contributed by atoms with van der Waals surface area (Å²) < 4.78 is 5.38. The Morgan fingerprint density at radius 3 is 2.95 bits per heavy atom. The van der Waals surface area contributed by atoms with Crippen LogP contribution in [-0.2, 0) is 9.53 Å². The zero-order valence-corrected chi connectivity index (χ0v) is 12.2. The monoisotopic (exact) mass is 279 g/mol. The number of hydrogen-bond acceptors (Lipinski definition) is 5. The van der Waals surface area contributed by atoms with Crippen LogP contribution in [0.25, 0.3) is 0 Å². The van der Waals surface area contributed by atoms with Crippen LogP contribution in [-0.4, -0.2) is 46.8 Å². The zero-order chi connectivity index (χ0) is 14.7. The Hall–Kier alpha value is -1.69. The Kier molecular flexibility index (Phi) is 4.54. The number of anilines is 1. The molecule has 0 spiro atoms. The highest BCUT2D eigenvalue weighted by Gasteiger charge is 2.27. The maximum absolute atomic E-state index is 11.0. The molecule has 0 saturated carbocycles. The van der Waals surface area contributed by atoms with Gasteiger partial charge in [0.25, 0.3) is 0 Å². The minimum absolute atomic E-state index is 0.0360. The smallest absolute Gasteiger partial charge is 0.305 e. The third kappa shape index (κ3) is 3.45. The summed E-state index contributed by atoms with van der Waals surface area (Å²) >= 11 is 0. The van der Waals surface area contributed by atoms with Crippen LogP contribution in [0.1, 0.15) is 37.6 Å². The Balaban J connectivity index is 2.29. The van der Waals surface area contributed by atoms with Gasteiger partial charge in [-0.05, 0) is 18.9 Å². The van der Waals surface area contributed by atoms with Gasteiger partial charge in [-0.1, -0.05) is 13.8 Å². The van der Waals surface area contributed by atoms with Crippen LogP contribution in [0.3, 0.4) is 0 Å². The van der Waals surface area contributed by atoms with Crippen LogP contribution in [0.5, 0.6) is 0 Å². The van der Waals surface area contributed by atoms with Crippen LogP contribution in [0, 0.1) is 6.92 Å². The number of nitrogens with zero attached hydrogens (tertiary/aromatic N) is 3. The highest BCUT2D eigenvalue weighted by molar-refractivity contribution is 5.68. The Morgan fingerprint density at radius 2 is 2.30 bits per heavy atom. The van der Waals surface area contributed by atoms with Gasteiger partial charge in [-0.15, -0.1) is 0 Å². The number of aliphatic carboxylic acids is 1. The number of morpholine rings is 1. The molecule has 1 atom stereocenters. The third-order valence-electron chi connectivity index (χ3n) is 3.35. The molecule has 1 saturated heterocycles. The van der Waals surface area contributed by atoms with E-state index in [0.29, 0.717) is 31.6 Å². The summed E-state index contributed by atoms with van der Waals surface area (Å²) in [6, 6.07) is 1.77. The molecule has 0 bridgehead atoms. The first kappa shape index (κ1) is 14.7. The lowest BCUT2D eigenvalue weighted by molar-refractivity contribution is -0.138. The van der Waals surface area contributed by atoms with Gasteiger partial charge in [-0.3, -0.25) is 4.79 Å². The van der Waals surface area contributed by atoms with Crippen molar-refractivity contribution >= 4 is 11.9 Å². The van der Waals surface area contributed by atoms with Crippen molar-refractivity contribution in [2.45, 2.75) is 39.2 Å². The lowest BCUT2D eigenvalue weighted by Gasteiger charge is -2.35. The summed E-state index contributed by atoms with van der Waals surface area (Å²) in [5.74, 6) is 0.0971. The van der Waals surface area contributed by atoms with Gasteiger partial charge >= 0.3 is 5.97 Å². The second kappa shape index (κ2) is 6.17.